The lowest BCUT2D eigenvalue weighted by Crippen LogP contribution is -2.67. The summed E-state index contributed by atoms with van der Waals surface area (Å²) >= 11 is 0. The third-order valence-corrected chi connectivity index (χ3v) is 9.30. The van der Waals surface area contributed by atoms with Crippen molar-refractivity contribution in [2.75, 3.05) is 7.11 Å². The number of rotatable bonds is 4. The van der Waals surface area contributed by atoms with E-state index in [1.54, 1.807) is 13.8 Å². The van der Waals surface area contributed by atoms with Crippen LogP contribution in [0.4, 0.5) is 0 Å². The number of ether oxygens (including phenoxy) is 5. The molecule has 4 aliphatic heterocycles. The molecule has 0 unspecified atom stereocenters. The van der Waals surface area contributed by atoms with Gasteiger partial charge in [0.25, 0.3) is 0 Å². The SMILES string of the molecule is COC(=O)C[C@@H]1O[C@@H](C)c2c(O)c3c(c(O)c2[C@@H]1O)C(=O)C1=C(C3=O)[C@@]2(O)[C@H](C)O[C@H]1C[C@@H]2O[C@@H]1CC[C@@H](O)[C@@H](C)O1. The van der Waals surface area contributed by atoms with Crippen LogP contribution in [0.1, 0.15) is 90.5 Å². The van der Waals surface area contributed by atoms with E-state index in [4.69, 9.17) is 18.9 Å². The first-order chi connectivity index (χ1) is 19.8. The van der Waals surface area contributed by atoms with Gasteiger partial charge in [-0.25, -0.2) is 0 Å². The summed E-state index contributed by atoms with van der Waals surface area (Å²) in [4.78, 5) is 40.1. The number of Topliss-reactive ketones (excluding diaryl/α,β-unsaturated/α-hetero) is 2. The van der Waals surface area contributed by atoms with Crippen LogP contribution in [0.2, 0.25) is 0 Å². The van der Waals surface area contributed by atoms with Gasteiger partial charge in [-0.2, -0.15) is 0 Å². The number of carbonyl (C=O) groups excluding carboxylic acids is 3. The average molecular weight is 591 g/mol. The minimum atomic E-state index is -2.11. The molecule has 6 aliphatic rings. The molecule has 2 fully saturated rings. The number of benzene rings is 1. The minimum absolute atomic E-state index is 0.00277. The van der Waals surface area contributed by atoms with Gasteiger partial charge in [-0.3, -0.25) is 14.4 Å². The van der Waals surface area contributed by atoms with Crippen molar-refractivity contribution >= 4 is 17.5 Å². The molecule has 1 aromatic rings. The van der Waals surface area contributed by atoms with E-state index in [1.807, 2.05) is 0 Å². The maximum atomic E-state index is 14.2. The third-order valence-electron chi connectivity index (χ3n) is 9.30. The number of esters is 1. The summed E-state index contributed by atoms with van der Waals surface area (Å²) < 4.78 is 28.2. The van der Waals surface area contributed by atoms with E-state index >= 15 is 0 Å². The first-order valence-electron chi connectivity index (χ1n) is 14.0. The van der Waals surface area contributed by atoms with Gasteiger partial charge >= 0.3 is 5.97 Å². The van der Waals surface area contributed by atoms with Crippen LogP contribution >= 0.6 is 0 Å². The van der Waals surface area contributed by atoms with E-state index < -0.39 is 101 Å². The van der Waals surface area contributed by atoms with Gasteiger partial charge in [-0.15, -0.1) is 0 Å². The minimum Gasteiger partial charge on any atom is -0.507 e. The van der Waals surface area contributed by atoms with E-state index in [9.17, 15) is 39.9 Å². The molecule has 4 heterocycles. The molecule has 0 amide bonds. The second-order valence-corrected chi connectivity index (χ2v) is 11.6. The van der Waals surface area contributed by atoms with Crippen molar-refractivity contribution in [1.29, 1.82) is 0 Å². The summed E-state index contributed by atoms with van der Waals surface area (Å²) in [6.45, 7) is 4.74. The standard InChI is InChI=1S/C29H34O13/c1-9-12(30)5-6-17(40-9)42-15-7-13-19-23(29(15,37)11(3)41-13)28(36)22-21(26(19)34)27(35)20-18(25(22)33)10(2)39-14(24(20)32)8-16(31)38-4/h9-15,17,24,30,32-33,35,37H,5-8H2,1-4H3/t9-,10+,11+,12-,13+,14+,15+,17-,24-,29-/m1/s1. The first-order valence-corrected chi connectivity index (χ1v) is 14.0. The lowest BCUT2D eigenvalue weighted by Gasteiger charge is -2.54. The highest BCUT2D eigenvalue weighted by atomic mass is 16.7. The summed E-state index contributed by atoms with van der Waals surface area (Å²) in [6.07, 6.45) is -8.36. The van der Waals surface area contributed by atoms with Crippen LogP contribution in [0.5, 0.6) is 11.5 Å². The largest absolute Gasteiger partial charge is 0.507 e. The number of hydrogen-bond acceptors (Lipinski definition) is 13. The van der Waals surface area contributed by atoms with Crippen LogP contribution in [0.25, 0.3) is 0 Å². The lowest BCUT2D eigenvalue weighted by molar-refractivity contribution is -0.291. The molecule has 228 valence electrons. The van der Waals surface area contributed by atoms with E-state index in [2.05, 4.69) is 4.74 Å². The van der Waals surface area contributed by atoms with Crippen molar-refractivity contribution in [3.8, 4) is 11.5 Å². The van der Waals surface area contributed by atoms with Gasteiger partial charge in [0.1, 0.15) is 23.2 Å². The zero-order valence-corrected chi connectivity index (χ0v) is 23.5. The number of aromatic hydroxyl groups is 2. The maximum Gasteiger partial charge on any atom is 0.308 e. The van der Waals surface area contributed by atoms with Gasteiger partial charge in [0.05, 0.1) is 67.4 Å². The van der Waals surface area contributed by atoms with E-state index in [-0.39, 0.29) is 35.1 Å². The molecule has 13 nitrogen and oxygen atoms in total. The number of fused-ring (bicyclic) bond motifs is 4. The molecule has 2 aliphatic carbocycles. The Balaban J connectivity index is 1.43. The van der Waals surface area contributed by atoms with Gasteiger partial charge in [-0.05, 0) is 27.2 Å². The second kappa shape index (κ2) is 10.1. The number of phenolic OH excluding ortho intramolecular Hbond substituents is 2. The second-order valence-electron chi connectivity index (χ2n) is 11.6. The third kappa shape index (κ3) is 3.99. The molecule has 0 radical (unpaired) electrons. The highest BCUT2D eigenvalue weighted by Gasteiger charge is 2.64. The van der Waals surface area contributed by atoms with E-state index in [0.717, 1.165) is 0 Å². The molecular weight excluding hydrogens is 556 g/mol. The summed E-state index contributed by atoms with van der Waals surface area (Å²) in [5, 5.41) is 56.0. The topological polar surface area (TPSA) is 199 Å². The fraction of sp³-hybridized carbons (Fsp3) is 0.621. The zero-order chi connectivity index (χ0) is 30.4. The predicted molar refractivity (Wildman–Crippen MR) is 139 cm³/mol. The smallest absolute Gasteiger partial charge is 0.308 e. The Hall–Kier alpha value is -2.91. The Labute approximate surface area is 240 Å². The summed E-state index contributed by atoms with van der Waals surface area (Å²) in [5.74, 6) is -3.82. The molecule has 1 aromatic carbocycles. The summed E-state index contributed by atoms with van der Waals surface area (Å²) in [6, 6.07) is 0. The van der Waals surface area contributed by atoms with Gasteiger partial charge in [0.15, 0.2) is 17.9 Å². The molecule has 7 rings (SSSR count). The molecule has 5 N–H and O–H groups in total. The number of aliphatic hydroxyl groups excluding tert-OH is 2. The van der Waals surface area contributed by atoms with Gasteiger partial charge in [-0.1, -0.05) is 0 Å². The molecule has 2 bridgehead atoms. The first kappa shape index (κ1) is 29.2. The molecule has 0 aromatic heterocycles. The van der Waals surface area contributed by atoms with Crippen molar-refractivity contribution in [2.45, 2.75) is 107 Å². The van der Waals surface area contributed by atoms with Gasteiger partial charge in [0, 0.05) is 35.1 Å². The van der Waals surface area contributed by atoms with E-state index in [0.29, 0.717) is 12.8 Å². The summed E-state index contributed by atoms with van der Waals surface area (Å²) in [5.41, 5.74) is -3.94. The molecule has 13 heteroatoms. The van der Waals surface area contributed by atoms with Crippen LogP contribution in [-0.4, -0.2) is 98.7 Å². The van der Waals surface area contributed by atoms with Crippen molar-refractivity contribution in [1.82, 2.24) is 0 Å². The maximum absolute atomic E-state index is 14.2. The number of ketones is 2. The van der Waals surface area contributed by atoms with Crippen LogP contribution in [0.3, 0.4) is 0 Å². The van der Waals surface area contributed by atoms with Crippen LogP contribution in [0, 0.1) is 0 Å². The Bertz CT molecular complexity index is 1400. The fourth-order valence-electron chi connectivity index (χ4n) is 7.09. The van der Waals surface area contributed by atoms with Crippen molar-refractivity contribution in [3.63, 3.8) is 0 Å². The fourth-order valence-corrected chi connectivity index (χ4v) is 7.09. The Kier molecular flexibility index (Phi) is 7.00. The molecule has 0 saturated carbocycles. The van der Waals surface area contributed by atoms with Crippen LogP contribution in [0.15, 0.2) is 11.1 Å². The molecule has 0 spiro atoms. The number of methoxy groups -OCH3 is 1. The highest BCUT2D eigenvalue weighted by Crippen LogP contribution is 2.56. The van der Waals surface area contributed by atoms with Crippen molar-refractivity contribution in [3.05, 3.63) is 33.4 Å². The van der Waals surface area contributed by atoms with Crippen molar-refractivity contribution < 1.29 is 63.6 Å². The predicted octanol–water partition coefficient (Wildman–Crippen LogP) is 1.02. The number of phenols is 2. The molecule has 10 atom stereocenters. The normalized spacial score (nSPS) is 39.1. The number of carbonyl (C=O) groups is 3. The zero-order valence-electron chi connectivity index (χ0n) is 23.5. The molecule has 42 heavy (non-hydrogen) atoms. The highest BCUT2D eigenvalue weighted by molar-refractivity contribution is 6.30. The Morgan fingerprint density at radius 2 is 1.64 bits per heavy atom. The van der Waals surface area contributed by atoms with Crippen molar-refractivity contribution in [2.24, 2.45) is 0 Å². The Morgan fingerprint density at radius 1 is 0.976 bits per heavy atom. The average Bonchev–Trinajstić information content (AvgIpc) is 2.93. The molecule has 2 saturated heterocycles. The Morgan fingerprint density at radius 3 is 2.31 bits per heavy atom. The van der Waals surface area contributed by atoms with Crippen LogP contribution < -0.4 is 0 Å². The number of aliphatic hydroxyl groups is 3. The monoisotopic (exact) mass is 590 g/mol. The van der Waals surface area contributed by atoms with Gasteiger partial charge in [0.2, 0.25) is 0 Å². The van der Waals surface area contributed by atoms with Gasteiger partial charge < -0.3 is 49.2 Å². The lowest BCUT2D eigenvalue weighted by atomic mass is 9.63. The molecular formula is C29H34O13. The summed E-state index contributed by atoms with van der Waals surface area (Å²) in [7, 11) is 1.17. The number of hydrogen-bond donors (Lipinski definition) is 5. The van der Waals surface area contributed by atoms with Crippen LogP contribution in [-0.2, 0) is 28.5 Å². The quantitative estimate of drug-likeness (QED) is 0.246. The van der Waals surface area contributed by atoms with E-state index in [1.165, 1.54) is 14.0 Å².